The number of unbranched alkanes of at least 4 members (excludes halogenated alkanes) is 4. The molecule has 2 amide bonds. The second-order valence-corrected chi connectivity index (χ2v) is 7.10. The number of rotatable bonds is 6. The minimum Gasteiger partial charge on any atom is -0.337 e. The summed E-state index contributed by atoms with van der Waals surface area (Å²) in [5.41, 5.74) is 1.93. The first-order chi connectivity index (χ1) is 11.8. The van der Waals surface area contributed by atoms with Gasteiger partial charge in [-0.15, -0.1) is 0 Å². The maximum Gasteiger partial charge on any atom is 0.326 e. The van der Waals surface area contributed by atoms with E-state index in [0.29, 0.717) is 0 Å². The molecular formula is C20H24N2OS. The molecule has 0 spiro atoms. The second-order valence-electron chi connectivity index (χ2n) is 6.02. The fourth-order valence-electron chi connectivity index (χ4n) is 2.93. The molecule has 24 heavy (non-hydrogen) atoms. The molecule has 3 rings (SSSR count). The van der Waals surface area contributed by atoms with E-state index in [0.717, 1.165) is 34.1 Å². The third-order valence-electron chi connectivity index (χ3n) is 4.19. The summed E-state index contributed by atoms with van der Waals surface area (Å²) in [5, 5.41) is 3.09. The van der Waals surface area contributed by atoms with Crippen LogP contribution in [0.15, 0.2) is 58.3 Å². The molecule has 0 aromatic heterocycles. The number of urea groups is 1. The lowest BCUT2D eigenvalue weighted by atomic mass is 10.1. The number of hydrogen-bond donors (Lipinski definition) is 1. The van der Waals surface area contributed by atoms with Crippen LogP contribution in [0.2, 0.25) is 0 Å². The van der Waals surface area contributed by atoms with Gasteiger partial charge in [-0.1, -0.05) is 68.6 Å². The minimum atomic E-state index is -0.0364. The van der Waals surface area contributed by atoms with E-state index in [2.05, 4.69) is 24.4 Å². The molecule has 2 aromatic rings. The summed E-state index contributed by atoms with van der Waals surface area (Å²) in [7, 11) is 0. The zero-order chi connectivity index (χ0) is 16.8. The maximum absolute atomic E-state index is 12.8. The summed E-state index contributed by atoms with van der Waals surface area (Å²) < 4.78 is 0. The van der Waals surface area contributed by atoms with Crippen LogP contribution in [0.4, 0.5) is 16.2 Å². The van der Waals surface area contributed by atoms with Gasteiger partial charge in [-0.3, -0.25) is 4.90 Å². The Hall–Kier alpha value is -1.94. The number of carbonyl (C=O) groups is 1. The molecule has 2 aromatic carbocycles. The van der Waals surface area contributed by atoms with Crippen LogP contribution in [0.1, 0.15) is 39.0 Å². The Labute approximate surface area is 148 Å². The van der Waals surface area contributed by atoms with Gasteiger partial charge in [-0.05, 0) is 30.7 Å². The highest BCUT2D eigenvalue weighted by Crippen LogP contribution is 2.47. The van der Waals surface area contributed by atoms with Crippen LogP contribution in [0.5, 0.6) is 0 Å². The van der Waals surface area contributed by atoms with Gasteiger partial charge in [0.05, 0.1) is 11.4 Å². The molecule has 1 heterocycles. The number of para-hydroxylation sites is 2. The summed E-state index contributed by atoms with van der Waals surface area (Å²) in [6.07, 6.45) is 5.98. The van der Waals surface area contributed by atoms with Gasteiger partial charge in [-0.25, -0.2) is 4.79 Å². The van der Waals surface area contributed by atoms with E-state index in [1.165, 1.54) is 25.7 Å². The number of fused-ring (bicyclic) bond motifs is 2. The predicted molar refractivity (Wildman–Crippen MR) is 101 cm³/mol. The van der Waals surface area contributed by atoms with Gasteiger partial charge < -0.3 is 5.32 Å². The second kappa shape index (κ2) is 8.25. The average molecular weight is 340 g/mol. The Balaban J connectivity index is 1.71. The minimum absolute atomic E-state index is 0.0364. The summed E-state index contributed by atoms with van der Waals surface area (Å²) >= 11 is 1.72. The van der Waals surface area contributed by atoms with Gasteiger partial charge in [0.1, 0.15) is 0 Å². The van der Waals surface area contributed by atoms with Gasteiger partial charge in [0.2, 0.25) is 0 Å². The number of nitrogens with one attached hydrogen (secondary N) is 1. The zero-order valence-corrected chi connectivity index (χ0v) is 14.9. The first kappa shape index (κ1) is 16.9. The van der Waals surface area contributed by atoms with Gasteiger partial charge in [0.15, 0.2) is 0 Å². The van der Waals surface area contributed by atoms with Crippen molar-refractivity contribution in [2.45, 2.75) is 48.8 Å². The van der Waals surface area contributed by atoms with Gasteiger partial charge in [-0.2, -0.15) is 0 Å². The van der Waals surface area contributed by atoms with Gasteiger partial charge in [0, 0.05) is 16.3 Å². The average Bonchev–Trinajstić information content (AvgIpc) is 2.62. The molecule has 0 atom stereocenters. The molecule has 0 aliphatic carbocycles. The van der Waals surface area contributed by atoms with E-state index in [1.807, 2.05) is 41.3 Å². The lowest BCUT2D eigenvalue weighted by Gasteiger charge is -2.31. The Kier molecular flexibility index (Phi) is 5.81. The van der Waals surface area contributed by atoms with E-state index in [-0.39, 0.29) is 6.03 Å². The maximum atomic E-state index is 12.8. The van der Waals surface area contributed by atoms with Crippen LogP contribution in [-0.2, 0) is 0 Å². The smallest absolute Gasteiger partial charge is 0.326 e. The van der Waals surface area contributed by atoms with Crippen LogP contribution >= 0.6 is 11.8 Å². The van der Waals surface area contributed by atoms with Gasteiger partial charge >= 0.3 is 6.03 Å². The Morgan fingerprint density at radius 1 is 0.917 bits per heavy atom. The highest BCUT2D eigenvalue weighted by atomic mass is 32.2. The van der Waals surface area contributed by atoms with Crippen LogP contribution in [0.25, 0.3) is 0 Å². The fraction of sp³-hybridized carbons (Fsp3) is 0.350. The van der Waals surface area contributed by atoms with Crippen LogP contribution in [-0.4, -0.2) is 12.6 Å². The predicted octanol–water partition coefficient (Wildman–Crippen LogP) is 5.97. The number of amides is 2. The lowest BCUT2D eigenvalue weighted by molar-refractivity contribution is 0.248. The van der Waals surface area contributed by atoms with Crippen molar-refractivity contribution in [3.05, 3.63) is 48.5 Å². The number of nitrogens with zero attached hydrogens (tertiary/aromatic N) is 1. The summed E-state index contributed by atoms with van der Waals surface area (Å²) in [6, 6.07) is 16.1. The highest BCUT2D eigenvalue weighted by Gasteiger charge is 2.27. The molecule has 1 N–H and O–H groups in total. The van der Waals surface area contributed by atoms with Crippen molar-refractivity contribution >= 4 is 29.2 Å². The first-order valence-corrected chi connectivity index (χ1v) is 9.57. The van der Waals surface area contributed by atoms with E-state index >= 15 is 0 Å². The molecule has 0 fully saturated rings. The van der Waals surface area contributed by atoms with E-state index in [4.69, 9.17) is 0 Å². The van der Waals surface area contributed by atoms with Crippen LogP contribution in [0, 0.1) is 0 Å². The first-order valence-electron chi connectivity index (χ1n) is 8.75. The molecule has 126 valence electrons. The number of benzene rings is 2. The van der Waals surface area contributed by atoms with Crippen LogP contribution in [0.3, 0.4) is 0 Å². The number of carbonyl (C=O) groups excluding carboxylic acids is 1. The monoisotopic (exact) mass is 340 g/mol. The highest BCUT2D eigenvalue weighted by molar-refractivity contribution is 7.99. The normalized spacial score (nSPS) is 12.5. The number of anilines is 2. The van der Waals surface area contributed by atoms with Crippen molar-refractivity contribution in [1.29, 1.82) is 0 Å². The van der Waals surface area contributed by atoms with E-state index in [1.54, 1.807) is 11.8 Å². The summed E-state index contributed by atoms with van der Waals surface area (Å²) in [4.78, 5) is 16.9. The molecule has 1 aliphatic rings. The molecule has 0 bridgehead atoms. The van der Waals surface area contributed by atoms with E-state index < -0.39 is 0 Å². The molecule has 1 aliphatic heterocycles. The molecular weight excluding hydrogens is 316 g/mol. The Morgan fingerprint density at radius 3 is 2.12 bits per heavy atom. The number of hydrogen-bond acceptors (Lipinski definition) is 2. The van der Waals surface area contributed by atoms with E-state index in [9.17, 15) is 4.79 Å². The Bertz CT molecular complexity index is 656. The summed E-state index contributed by atoms with van der Waals surface area (Å²) in [6.45, 7) is 2.95. The Morgan fingerprint density at radius 2 is 1.50 bits per heavy atom. The topological polar surface area (TPSA) is 32.3 Å². The fourth-order valence-corrected chi connectivity index (χ4v) is 3.98. The van der Waals surface area contributed by atoms with Gasteiger partial charge in [0.25, 0.3) is 0 Å². The zero-order valence-electron chi connectivity index (χ0n) is 14.1. The van der Waals surface area contributed by atoms with Crippen molar-refractivity contribution in [3.63, 3.8) is 0 Å². The SMILES string of the molecule is CCCCCCCNC(=O)N1c2ccccc2Sc2ccccc21. The third-order valence-corrected chi connectivity index (χ3v) is 5.32. The summed E-state index contributed by atoms with van der Waals surface area (Å²) in [5.74, 6) is 0. The molecule has 0 radical (unpaired) electrons. The standard InChI is InChI=1S/C20H24N2OS/c1-2-3-4-5-10-15-21-20(23)22-16-11-6-8-13-18(16)24-19-14-9-7-12-17(19)22/h6-9,11-14H,2-5,10,15H2,1H3,(H,21,23). The molecule has 0 saturated heterocycles. The quantitative estimate of drug-likeness (QED) is 0.657. The van der Waals surface area contributed by atoms with Crippen LogP contribution < -0.4 is 10.2 Å². The molecule has 0 saturated carbocycles. The molecule has 0 unspecified atom stereocenters. The van der Waals surface area contributed by atoms with Crippen molar-refractivity contribution < 1.29 is 4.79 Å². The molecule has 3 nitrogen and oxygen atoms in total. The van der Waals surface area contributed by atoms with Crippen molar-refractivity contribution in [1.82, 2.24) is 5.32 Å². The van der Waals surface area contributed by atoms with Crippen molar-refractivity contribution in [3.8, 4) is 0 Å². The molecule has 4 heteroatoms. The lowest BCUT2D eigenvalue weighted by Crippen LogP contribution is -2.38. The largest absolute Gasteiger partial charge is 0.337 e. The van der Waals surface area contributed by atoms with Crippen molar-refractivity contribution in [2.24, 2.45) is 0 Å². The third kappa shape index (κ3) is 3.75. The van der Waals surface area contributed by atoms with Crippen molar-refractivity contribution in [2.75, 3.05) is 11.4 Å².